The fourth-order valence-electron chi connectivity index (χ4n) is 0.695. The highest BCUT2D eigenvalue weighted by Gasteiger charge is 2.31. The van der Waals surface area contributed by atoms with Crippen LogP contribution in [0.2, 0.25) is 0 Å². The zero-order valence-electron chi connectivity index (χ0n) is 6.52. The smallest absolute Gasteiger partial charge is 0.308 e. The quantitative estimate of drug-likeness (QED) is 0.594. The van der Waals surface area contributed by atoms with E-state index in [9.17, 15) is 13.2 Å². The maximum atomic E-state index is 10.8. The van der Waals surface area contributed by atoms with Crippen LogP contribution < -0.4 is 5.14 Å². The summed E-state index contributed by atoms with van der Waals surface area (Å²) in [4.78, 5) is 10.8. The SMILES string of the molecule is NS(=O)(=O)CCOC(=O)C1CC1. The molecule has 2 N–H and O–H groups in total. The average Bonchev–Trinajstić information content (AvgIpc) is 2.64. The van der Waals surface area contributed by atoms with Gasteiger partial charge in [-0.15, -0.1) is 0 Å². The standard InChI is InChI=1S/C6H11NO4S/c7-12(9,10)4-3-11-6(8)5-1-2-5/h5H,1-4H2,(H2,7,9,10). The Morgan fingerprint density at radius 1 is 1.50 bits per heavy atom. The highest BCUT2D eigenvalue weighted by molar-refractivity contribution is 7.89. The Kier molecular flexibility index (Phi) is 2.69. The molecule has 5 nitrogen and oxygen atoms in total. The lowest BCUT2D eigenvalue weighted by molar-refractivity contribution is -0.144. The van der Waals surface area contributed by atoms with Crippen molar-refractivity contribution >= 4 is 16.0 Å². The van der Waals surface area contributed by atoms with E-state index in [0.717, 1.165) is 12.8 Å². The molecule has 1 saturated carbocycles. The molecule has 0 atom stereocenters. The molecule has 0 amide bonds. The van der Waals surface area contributed by atoms with Gasteiger partial charge in [-0.05, 0) is 12.8 Å². The van der Waals surface area contributed by atoms with Gasteiger partial charge in [0.05, 0.1) is 11.7 Å². The summed E-state index contributed by atoms with van der Waals surface area (Å²) in [7, 11) is -3.50. The van der Waals surface area contributed by atoms with E-state index >= 15 is 0 Å². The van der Waals surface area contributed by atoms with Crippen LogP contribution in [0.25, 0.3) is 0 Å². The third-order valence-electron chi connectivity index (χ3n) is 1.52. The van der Waals surface area contributed by atoms with Crippen LogP contribution in [0.3, 0.4) is 0 Å². The molecule has 0 spiro atoms. The van der Waals surface area contributed by atoms with Crippen LogP contribution in [0, 0.1) is 5.92 Å². The molecule has 1 aliphatic rings. The van der Waals surface area contributed by atoms with Gasteiger partial charge in [-0.25, -0.2) is 13.6 Å². The van der Waals surface area contributed by atoms with E-state index in [4.69, 9.17) is 5.14 Å². The summed E-state index contributed by atoms with van der Waals surface area (Å²) in [5, 5.41) is 4.69. The largest absolute Gasteiger partial charge is 0.464 e. The number of hydrogen-bond donors (Lipinski definition) is 1. The Morgan fingerprint density at radius 2 is 2.08 bits per heavy atom. The van der Waals surface area contributed by atoms with Crippen molar-refractivity contribution in [3.8, 4) is 0 Å². The first-order chi connectivity index (χ1) is 5.49. The first-order valence-corrected chi connectivity index (χ1v) is 5.38. The van der Waals surface area contributed by atoms with Crippen LogP contribution in [-0.4, -0.2) is 26.7 Å². The van der Waals surface area contributed by atoms with E-state index < -0.39 is 10.0 Å². The number of carbonyl (C=O) groups is 1. The number of sulfonamides is 1. The summed E-state index contributed by atoms with van der Waals surface area (Å²) in [5.41, 5.74) is 0. The van der Waals surface area contributed by atoms with Crippen molar-refractivity contribution in [2.75, 3.05) is 12.4 Å². The Hall–Kier alpha value is -0.620. The van der Waals surface area contributed by atoms with Gasteiger partial charge in [-0.2, -0.15) is 0 Å². The number of rotatable bonds is 4. The van der Waals surface area contributed by atoms with Gasteiger partial charge in [0.25, 0.3) is 0 Å². The molecule has 70 valence electrons. The fraction of sp³-hybridized carbons (Fsp3) is 0.833. The Labute approximate surface area is 70.9 Å². The summed E-state index contributed by atoms with van der Waals surface area (Å²) in [6.07, 6.45) is 1.71. The van der Waals surface area contributed by atoms with E-state index in [2.05, 4.69) is 4.74 Å². The zero-order valence-corrected chi connectivity index (χ0v) is 7.34. The van der Waals surface area contributed by atoms with Crippen LogP contribution in [0.5, 0.6) is 0 Å². The topological polar surface area (TPSA) is 86.5 Å². The fourth-order valence-corrected chi connectivity index (χ4v) is 1.01. The molecule has 6 heteroatoms. The molecule has 1 aliphatic carbocycles. The minimum Gasteiger partial charge on any atom is -0.464 e. The van der Waals surface area contributed by atoms with Gasteiger partial charge in [-0.3, -0.25) is 4.79 Å². The first-order valence-electron chi connectivity index (χ1n) is 3.66. The Morgan fingerprint density at radius 3 is 2.50 bits per heavy atom. The van der Waals surface area contributed by atoms with E-state index in [1.54, 1.807) is 0 Å². The van der Waals surface area contributed by atoms with Gasteiger partial charge in [0, 0.05) is 0 Å². The van der Waals surface area contributed by atoms with Crippen molar-refractivity contribution in [2.24, 2.45) is 11.1 Å². The molecular weight excluding hydrogens is 182 g/mol. The lowest BCUT2D eigenvalue weighted by atomic mass is 10.4. The van der Waals surface area contributed by atoms with Gasteiger partial charge in [0.15, 0.2) is 0 Å². The van der Waals surface area contributed by atoms with Gasteiger partial charge >= 0.3 is 5.97 Å². The normalized spacial score (nSPS) is 17.4. The molecule has 0 radical (unpaired) electrons. The minimum atomic E-state index is -3.50. The van der Waals surface area contributed by atoms with Crippen molar-refractivity contribution in [1.29, 1.82) is 0 Å². The second kappa shape index (κ2) is 3.40. The molecule has 0 aliphatic heterocycles. The number of hydrogen-bond acceptors (Lipinski definition) is 4. The second-order valence-electron chi connectivity index (χ2n) is 2.81. The zero-order chi connectivity index (χ0) is 9.19. The van der Waals surface area contributed by atoms with E-state index in [1.165, 1.54) is 0 Å². The Bertz CT molecular complexity index is 267. The molecule has 0 bridgehead atoms. The third kappa shape index (κ3) is 3.68. The number of nitrogens with two attached hydrogens (primary N) is 1. The number of ether oxygens (including phenoxy) is 1. The predicted molar refractivity (Wildman–Crippen MR) is 41.7 cm³/mol. The molecule has 0 unspecified atom stereocenters. The van der Waals surface area contributed by atoms with Crippen LogP contribution in [-0.2, 0) is 19.6 Å². The van der Waals surface area contributed by atoms with E-state index in [-0.39, 0.29) is 24.2 Å². The van der Waals surface area contributed by atoms with Gasteiger partial charge in [0.2, 0.25) is 10.0 Å². The molecule has 0 aromatic heterocycles. The third-order valence-corrected chi connectivity index (χ3v) is 2.26. The average molecular weight is 193 g/mol. The summed E-state index contributed by atoms with van der Waals surface area (Å²) >= 11 is 0. The molecule has 1 fully saturated rings. The van der Waals surface area contributed by atoms with Crippen molar-refractivity contribution in [1.82, 2.24) is 0 Å². The lowest BCUT2D eigenvalue weighted by Gasteiger charge is -2.01. The molecule has 0 heterocycles. The molecular formula is C6H11NO4S. The number of esters is 1. The summed E-state index contributed by atoms with van der Waals surface area (Å²) in [6.45, 7) is -0.131. The van der Waals surface area contributed by atoms with Crippen LogP contribution in [0.15, 0.2) is 0 Å². The Balaban J connectivity index is 2.13. The number of carbonyl (C=O) groups excluding carboxylic acids is 1. The summed E-state index contributed by atoms with van der Waals surface area (Å²) in [6, 6.07) is 0. The van der Waals surface area contributed by atoms with E-state index in [1.807, 2.05) is 0 Å². The lowest BCUT2D eigenvalue weighted by Crippen LogP contribution is -2.22. The highest BCUT2D eigenvalue weighted by Crippen LogP contribution is 2.29. The van der Waals surface area contributed by atoms with Crippen molar-refractivity contribution in [2.45, 2.75) is 12.8 Å². The second-order valence-corrected chi connectivity index (χ2v) is 4.54. The van der Waals surface area contributed by atoms with Gasteiger partial charge in [0.1, 0.15) is 6.61 Å². The van der Waals surface area contributed by atoms with Crippen molar-refractivity contribution in [3.05, 3.63) is 0 Å². The maximum absolute atomic E-state index is 10.8. The number of primary sulfonamides is 1. The van der Waals surface area contributed by atoms with Crippen molar-refractivity contribution in [3.63, 3.8) is 0 Å². The van der Waals surface area contributed by atoms with Crippen molar-refractivity contribution < 1.29 is 17.9 Å². The van der Waals surface area contributed by atoms with E-state index in [0.29, 0.717) is 0 Å². The first kappa shape index (κ1) is 9.47. The molecule has 1 rings (SSSR count). The molecule has 12 heavy (non-hydrogen) atoms. The summed E-state index contributed by atoms with van der Waals surface area (Å²) < 4.78 is 25.4. The summed E-state index contributed by atoms with van der Waals surface area (Å²) in [5.74, 6) is -0.602. The molecule has 0 saturated heterocycles. The van der Waals surface area contributed by atoms with Gasteiger partial charge < -0.3 is 4.74 Å². The maximum Gasteiger partial charge on any atom is 0.308 e. The molecule has 0 aromatic rings. The minimum absolute atomic E-state index is 0.00507. The predicted octanol–water partition coefficient (Wildman–Crippen LogP) is -0.772. The van der Waals surface area contributed by atoms with Crippen LogP contribution >= 0.6 is 0 Å². The van der Waals surface area contributed by atoms with Crippen LogP contribution in [0.1, 0.15) is 12.8 Å². The highest BCUT2D eigenvalue weighted by atomic mass is 32.2. The molecule has 0 aromatic carbocycles. The monoisotopic (exact) mass is 193 g/mol. The van der Waals surface area contributed by atoms with Crippen LogP contribution in [0.4, 0.5) is 0 Å². The van der Waals surface area contributed by atoms with Gasteiger partial charge in [-0.1, -0.05) is 0 Å².